The first kappa shape index (κ1) is 38.3. The van der Waals surface area contributed by atoms with Gasteiger partial charge in [0.05, 0.1) is 6.61 Å². The fourth-order valence-electron chi connectivity index (χ4n) is 5.08. The lowest BCUT2D eigenvalue weighted by Crippen LogP contribution is -2.56. The van der Waals surface area contributed by atoms with E-state index >= 15 is 0 Å². The van der Waals surface area contributed by atoms with Crippen LogP contribution in [-0.4, -0.2) is 70.3 Å². The van der Waals surface area contributed by atoms with Crippen molar-refractivity contribution in [3.63, 3.8) is 0 Å². The van der Waals surface area contributed by atoms with Crippen LogP contribution in [0.25, 0.3) is 0 Å². The molecule has 0 heterocycles. The van der Waals surface area contributed by atoms with E-state index in [9.17, 15) is 24.3 Å². The number of carbonyl (C=O) groups is 4. The summed E-state index contributed by atoms with van der Waals surface area (Å²) < 4.78 is 11.1. The van der Waals surface area contributed by atoms with Gasteiger partial charge in [-0.25, -0.2) is 9.59 Å². The number of hydrogen-bond donors (Lipinski definition) is 3. The highest BCUT2D eigenvalue weighted by Crippen LogP contribution is 2.25. The summed E-state index contributed by atoms with van der Waals surface area (Å²) in [5.41, 5.74) is 0.766. The van der Waals surface area contributed by atoms with Gasteiger partial charge in [-0.15, -0.1) is 6.42 Å². The highest BCUT2D eigenvalue weighted by atomic mass is 16.6. The first-order chi connectivity index (χ1) is 23.1. The molecule has 3 rings (SSSR count). The number of terminal acetylenes is 1. The molecule has 0 saturated carbocycles. The molecular weight excluding hydrogens is 622 g/mol. The largest absolute Gasteiger partial charge is 0.458 e. The van der Waals surface area contributed by atoms with E-state index in [1.54, 1.807) is 65.8 Å². The van der Waals surface area contributed by atoms with Crippen LogP contribution in [0.5, 0.6) is 0 Å². The number of carbonyl (C=O) groups excluding carboxylic acids is 4. The number of alkyl carbamates (subject to hydrolysis) is 1. The van der Waals surface area contributed by atoms with Crippen LogP contribution < -0.4 is 10.6 Å². The molecule has 3 aromatic carbocycles. The summed E-state index contributed by atoms with van der Waals surface area (Å²) in [4.78, 5) is 56.6. The number of ether oxygens (including phenoxy) is 2. The van der Waals surface area contributed by atoms with Gasteiger partial charge in [0.25, 0.3) is 0 Å². The van der Waals surface area contributed by atoms with Crippen molar-refractivity contribution in [1.82, 2.24) is 15.5 Å². The van der Waals surface area contributed by atoms with Crippen molar-refractivity contribution in [2.75, 3.05) is 13.2 Å². The number of rotatable bonds is 13. The van der Waals surface area contributed by atoms with E-state index in [0.717, 1.165) is 11.1 Å². The van der Waals surface area contributed by atoms with E-state index in [-0.39, 0.29) is 19.4 Å². The van der Waals surface area contributed by atoms with Crippen LogP contribution in [0, 0.1) is 12.3 Å². The first-order valence-electron chi connectivity index (χ1n) is 16.2. The molecule has 0 bridgehead atoms. The van der Waals surface area contributed by atoms with Crippen LogP contribution in [0.1, 0.15) is 69.8 Å². The minimum atomic E-state index is -1.34. The highest BCUT2D eigenvalue weighted by molar-refractivity contribution is 5.94. The van der Waals surface area contributed by atoms with Crippen LogP contribution in [-0.2, 0) is 36.7 Å². The number of aliphatic hydroxyl groups is 1. The topological polar surface area (TPSA) is 134 Å². The maximum atomic E-state index is 14.5. The molecular formula is C39H47N3O7. The molecule has 3 aromatic rings. The number of esters is 1. The molecule has 0 spiro atoms. The van der Waals surface area contributed by atoms with Gasteiger partial charge in [-0.05, 0) is 70.4 Å². The Morgan fingerprint density at radius 2 is 1.27 bits per heavy atom. The summed E-state index contributed by atoms with van der Waals surface area (Å²) >= 11 is 0. The molecule has 3 unspecified atom stereocenters. The molecule has 0 aliphatic heterocycles. The molecule has 10 heteroatoms. The summed E-state index contributed by atoms with van der Waals surface area (Å²) in [5.74, 6) is 0.537. The van der Waals surface area contributed by atoms with Crippen molar-refractivity contribution in [3.05, 3.63) is 107 Å². The number of benzene rings is 3. The molecule has 0 saturated heterocycles. The fourth-order valence-corrected chi connectivity index (χ4v) is 5.08. The van der Waals surface area contributed by atoms with Crippen molar-refractivity contribution in [2.24, 2.45) is 0 Å². The Morgan fingerprint density at radius 1 is 0.755 bits per heavy atom. The molecule has 0 aromatic heterocycles. The normalized spacial score (nSPS) is 13.2. The van der Waals surface area contributed by atoms with Gasteiger partial charge in [0.15, 0.2) is 0 Å². The van der Waals surface area contributed by atoms with Gasteiger partial charge in [-0.3, -0.25) is 9.59 Å². The Kier molecular flexibility index (Phi) is 13.5. The zero-order chi connectivity index (χ0) is 36.2. The Labute approximate surface area is 289 Å². The summed E-state index contributed by atoms with van der Waals surface area (Å²) in [6, 6.07) is 21.1. The van der Waals surface area contributed by atoms with Crippen molar-refractivity contribution in [2.45, 2.75) is 83.7 Å². The third-order valence-corrected chi connectivity index (χ3v) is 7.14. The lowest BCUT2D eigenvalue weighted by molar-refractivity contribution is -0.159. The van der Waals surface area contributed by atoms with E-state index in [1.807, 2.05) is 60.7 Å². The van der Waals surface area contributed by atoms with Crippen molar-refractivity contribution < 1.29 is 33.8 Å². The predicted molar refractivity (Wildman–Crippen MR) is 187 cm³/mol. The summed E-state index contributed by atoms with van der Waals surface area (Å²) in [7, 11) is 0. The van der Waals surface area contributed by atoms with E-state index in [0.29, 0.717) is 11.1 Å². The summed E-state index contributed by atoms with van der Waals surface area (Å²) in [6.07, 6.45) is 4.96. The minimum Gasteiger partial charge on any atom is -0.458 e. The Balaban J connectivity index is 2.09. The van der Waals surface area contributed by atoms with Crippen molar-refractivity contribution >= 4 is 23.9 Å². The average Bonchev–Trinajstić information content (AvgIpc) is 3.03. The van der Waals surface area contributed by atoms with Gasteiger partial charge in [0, 0.05) is 24.9 Å². The predicted octanol–water partition coefficient (Wildman–Crippen LogP) is 4.74. The maximum absolute atomic E-state index is 14.5. The smallest absolute Gasteiger partial charge is 0.408 e. The highest BCUT2D eigenvalue weighted by Gasteiger charge is 2.38. The molecule has 0 aliphatic rings. The van der Waals surface area contributed by atoms with Gasteiger partial charge in [0.1, 0.15) is 29.3 Å². The molecule has 0 fully saturated rings. The lowest BCUT2D eigenvalue weighted by Gasteiger charge is -2.35. The molecule has 260 valence electrons. The zero-order valence-corrected chi connectivity index (χ0v) is 29.1. The molecule has 3 amide bonds. The molecule has 10 nitrogen and oxygen atoms in total. The number of hydrogen-bond acceptors (Lipinski definition) is 7. The second-order valence-corrected chi connectivity index (χ2v) is 13.6. The summed E-state index contributed by atoms with van der Waals surface area (Å²) in [5, 5.41) is 15.7. The average molecular weight is 670 g/mol. The Hall–Kier alpha value is -5.14. The van der Waals surface area contributed by atoms with Crippen LogP contribution in [0.3, 0.4) is 0 Å². The molecule has 0 radical (unpaired) electrons. The minimum absolute atomic E-state index is 0.0692. The van der Waals surface area contributed by atoms with Gasteiger partial charge < -0.3 is 30.1 Å². The quantitative estimate of drug-likeness (QED) is 0.177. The Bertz CT molecular complexity index is 1590. The summed E-state index contributed by atoms with van der Waals surface area (Å²) in [6.45, 7) is 9.53. The van der Waals surface area contributed by atoms with E-state index < -0.39 is 59.8 Å². The third-order valence-electron chi connectivity index (χ3n) is 7.14. The molecule has 3 N–H and O–H groups in total. The number of nitrogens with zero attached hydrogens (tertiary/aromatic N) is 1. The van der Waals surface area contributed by atoms with Crippen LogP contribution >= 0.6 is 0 Å². The number of nitrogens with one attached hydrogen (secondary N) is 2. The fraction of sp³-hybridized carbons (Fsp3) is 0.385. The lowest BCUT2D eigenvalue weighted by atomic mass is 9.98. The van der Waals surface area contributed by atoms with Crippen LogP contribution in [0.15, 0.2) is 84.9 Å². The zero-order valence-electron chi connectivity index (χ0n) is 29.1. The van der Waals surface area contributed by atoms with E-state index in [2.05, 4.69) is 16.6 Å². The van der Waals surface area contributed by atoms with Crippen LogP contribution in [0.2, 0.25) is 0 Å². The maximum Gasteiger partial charge on any atom is 0.408 e. The Morgan fingerprint density at radius 3 is 1.73 bits per heavy atom. The standard InChI is InChI=1S/C39H47N3O7/c1-8-27-19-21-30(22-20-27)33(34(44)40-32(36(46)48-38(2,3)4)26-29-17-13-10-14-18-29)42(23-24-43)35(45)31(25-28-15-11-9-12-16-28)41-37(47)49-39(5,6)7/h1,9-22,31-33,43H,23-26H2,2-7H3,(H,40,44)(H,41,47). The second-order valence-electron chi connectivity index (χ2n) is 13.6. The molecule has 49 heavy (non-hydrogen) atoms. The van der Waals surface area contributed by atoms with Crippen molar-refractivity contribution in [3.8, 4) is 12.3 Å². The monoisotopic (exact) mass is 669 g/mol. The molecule has 0 aliphatic carbocycles. The van der Waals surface area contributed by atoms with E-state index in [4.69, 9.17) is 15.9 Å². The second kappa shape index (κ2) is 17.3. The van der Waals surface area contributed by atoms with Gasteiger partial charge in [-0.1, -0.05) is 78.7 Å². The number of aliphatic hydroxyl groups excluding tert-OH is 1. The third kappa shape index (κ3) is 12.4. The van der Waals surface area contributed by atoms with Gasteiger partial charge >= 0.3 is 12.1 Å². The number of amides is 3. The van der Waals surface area contributed by atoms with E-state index in [1.165, 1.54) is 4.90 Å². The first-order valence-corrected chi connectivity index (χ1v) is 16.2. The van der Waals surface area contributed by atoms with Crippen molar-refractivity contribution in [1.29, 1.82) is 0 Å². The van der Waals surface area contributed by atoms with Gasteiger partial charge in [0.2, 0.25) is 11.8 Å². The van der Waals surface area contributed by atoms with Crippen LogP contribution in [0.4, 0.5) is 4.79 Å². The SMILES string of the molecule is C#Cc1ccc(C(C(=O)NC(Cc2ccccc2)C(=O)OC(C)(C)C)N(CCO)C(=O)C(Cc2ccccc2)NC(=O)OC(C)(C)C)cc1. The molecule has 3 atom stereocenters. The van der Waals surface area contributed by atoms with Gasteiger partial charge in [-0.2, -0.15) is 0 Å².